The first-order valence-electron chi connectivity index (χ1n) is 7.51. The zero-order valence-electron chi connectivity index (χ0n) is 12.9. The summed E-state index contributed by atoms with van der Waals surface area (Å²) in [7, 11) is 3.81. The van der Waals surface area contributed by atoms with Crippen molar-refractivity contribution < 1.29 is 9.47 Å². The maximum atomic E-state index is 5.70. The fraction of sp³-hybridized carbons (Fsp3) is 0.562. The molecule has 1 heterocycles. The lowest BCUT2D eigenvalue weighted by atomic mass is 10.2. The fourth-order valence-electron chi connectivity index (χ4n) is 2.32. The van der Waals surface area contributed by atoms with Gasteiger partial charge in [-0.1, -0.05) is 18.2 Å². The van der Waals surface area contributed by atoms with Crippen LogP contribution in [0.3, 0.4) is 0 Å². The molecule has 0 aromatic heterocycles. The van der Waals surface area contributed by atoms with Gasteiger partial charge in [0, 0.05) is 27.2 Å². The topological polar surface area (TPSA) is 46.1 Å². The summed E-state index contributed by atoms with van der Waals surface area (Å²) in [5, 5.41) is 3.36. The Morgan fingerprint density at radius 2 is 2.24 bits per heavy atom. The number of hydrogen-bond acceptors (Lipinski definition) is 3. The SMILES string of the molecule is CN=C(NCC1CCCO1)N(C)CCOc1ccccc1. The molecule has 1 atom stereocenters. The van der Waals surface area contributed by atoms with Gasteiger partial charge >= 0.3 is 0 Å². The lowest BCUT2D eigenvalue weighted by Crippen LogP contribution is -2.43. The smallest absolute Gasteiger partial charge is 0.193 e. The summed E-state index contributed by atoms with van der Waals surface area (Å²) < 4.78 is 11.3. The van der Waals surface area contributed by atoms with Crippen molar-refractivity contribution in [3.63, 3.8) is 0 Å². The third-order valence-electron chi connectivity index (χ3n) is 3.52. The predicted octanol–water partition coefficient (Wildman–Crippen LogP) is 1.75. The number of para-hydroxylation sites is 1. The van der Waals surface area contributed by atoms with Crippen LogP contribution in [0, 0.1) is 0 Å². The molecule has 5 nitrogen and oxygen atoms in total. The molecular formula is C16H25N3O2. The molecule has 0 saturated carbocycles. The number of benzene rings is 1. The van der Waals surface area contributed by atoms with Crippen molar-refractivity contribution in [3.8, 4) is 5.75 Å². The lowest BCUT2D eigenvalue weighted by Gasteiger charge is -2.23. The van der Waals surface area contributed by atoms with Crippen molar-refractivity contribution >= 4 is 5.96 Å². The molecule has 21 heavy (non-hydrogen) atoms. The van der Waals surface area contributed by atoms with Gasteiger partial charge in [0.25, 0.3) is 0 Å². The third-order valence-corrected chi connectivity index (χ3v) is 3.52. The Bertz CT molecular complexity index is 430. The Balaban J connectivity index is 1.68. The standard InChI is InChI=1S/C16H25N3O2/c1-17-16(18-13-15-9-6-11-20-15)19(2)10-12-21-14-7-4-3-5-8-14/h3-5,7-8,15H,6,9-13H2,1-2H3,(H,17,18). The molecule has 0 amide bonds. The highest BCUT2D eigenvalue weighted by Gasteiger charge is 2.16. The Kier molecular flexibility index (Phi) is 6.34. The zero-order valence-corrected chi connectivity index (χ0v) is 12.9. The van der Waals surface area contributed by atoms with Crippen LogP contribution in [0.4, 0.5) is 0 Å². The van der Waals surface area contributed by atoms with Gasteiger partial charge in [-0.05, 0) is 25.0 Å². The van der Waals surface area contributed by atoms with E-state index in [2.05, 4.69) is 15.2 Å². The van der Waals surface area contributed by atoms with E-state index in [0.29, 0.717) is 12.7 Å². The molecule has 1 aliphatic rings. The van der Waals surface area contributed by atoms with Gasteiger partial charge in [0.05, 0.1) is 12.6 Å². The molecule has 1 aromatic carbocycles. The third kappa shape index (κ3) is 5.27. The van der Waals surface area contributed by atoms with E-state index >= 15 is 0 Å². The minimum atomic E-state index is 0.315. The number of ether oxygens (including phenoxy) is 2. The first-order valence-corrected chi connectivity index (χ1v) is 7.51. The van der Waals surface area contributed by atoms with E-state index in [1.165, 1.54) is 0 Å². The van der Waals surface area contributed by atoms with Crippen LogP contribution in [0.2, 0.25) is 0 Å². The maximum Gasteiger partial charge on any atom is 0.193 e. The summed E-state index contributed by atoms with van der Waals surface area (Å²) in [5.74, 6) is 1.77. The Morgan fingerprint density at radius 1 is 1.43 bits per heavy atom. The Hall–Kier alpha value is -1.75. The van der Waals surface area contributed by atoms with E-state index in [1.807, 2.05) is 37.4 Å². The average molecular weight is 291 g/mol. The zero-order chi connectivity index (χ0) is 14.9. The molecule has 1 N–H and O–H groups in total. The number of likely N-dealkylation sites (N-methyl/N-ethyl adjacent to an activating group) is 1. The minimum absolute atomic E-state index is 0.315. The van der Waals surface area contributed by atoms with Gasteiger partial charge in [0.1, 0.15) is 12.4 Å². The maximum absolute atomic E-state index is 5.70. The molecule has 5 heteroatoms. The number of rotatable bonds is 6. The number of aliphatic imine (C=N–C) groups is 1. The molecule has 1 fully saturated rings. The molecule has 1 aromatic rings. The number of nitrogens with one attached hydrogen (secondary N) is 1. The molecule has 0 spiro atoms. The van der Waals surface area contributed by atoms with Crippen molar-refractivity contribution in [2.45, 2.75) is 18.9 Å². The van der Waals surface area contributed by atoms with E-state index in [1.54, 1.807) is 7.05 Å². The summed E-state index contributed by atoms with van der Waals surface area (Å²) in [6.45, 7) is 3.10. The van der Waals surface area contributed by atoms with E-state index in [9.17, 15) is 0 Å². The molecular weight excluding hydrogens is 266 g/mol. The van der Waals surface area contributed by atoms with Crippen molar-refractivity contribution in [1.29, 1.82) is 0 Å². The highest BCUT2D eigenvalue weighted by Crippen LogP contribution is 2.10. The largest absolute Gasteiger partial charge is 0.492 e. The second-order valence-electron chi connectivity index (χ2n) is 5.15. The van der Waals surface area contributed by atoms with Crippen molar-refractivity contribution in [2.24, 2.45) is 4.99 Å². The summed E-state index contributed by atoms with van der Waals surface area (Å²) in [4.78, 5) is 6.36. The summed E-state index contributed by atoms with van der Waals surface area (Å²) >= 11 is 0. The second-order valence-corrected chi connectivity index (χ2v) is 5.15. The van der Waals surface area contributed by atoms with Gasteiger partial charge in [-0.25, -0.2) is 0 Å². The molecule has 0 aliphatic carbocycles. The summed E-state index contributed by atoms with van der Waals surface area (Å²) in [6, 6.07) is 9.85. The van der Waals surface area contributed by atoms with Crippen molar-refractivity contribution in [1.82, 2.24) is 10.2 Å². The monoisotopic (exact) mass is 291 g/mol. The van der Waals surface area contributed by atoms with E-state index in [4.69, 9.17) is 9.47 Å². The molecule has 116 valence electrons. The first-order chi connectivity index (χ1) is 10.3. The number of nitrogens with zero attached hydrogens (tertiary/aromatic N) is 2. The van der Waals surface area contributed by atoms with E-state index < -0.39 is 0 Å². The van der Waals surface area contributed by atoms with Gasteiger partial charge in [0.15, 0.2) is 5.96 Å². The van der Waals surface area contributed by atoms with Crippen molar-refractivity contribution in [3.05, 3.63) is 30.3 Å². The number of guanidine groups is 1. The predicted molar refractivity (Wildman–Crippen MR) is 84.9 cm³/mol. The second kappa shape index (κ2) is 8.52. The summed E-state index contributed by atoms with van der Waals surface area (Å²) in [6.07, 6.45) is 2.60. The average Bonchev–Trinajstić information content (AvgIpc) is 3.02. The van der Waals surface area contributed by atoms with Gasteiger partial charge in [-0.3, -0.25) is 4.99 Å². The molecule has 0 radical (unpaired) electrons. The minimum Gasteiger partial charge on any atom is -0.492 e. The van der Waals surface area contributed by atoms with Crippen LogP contribution in [-0.4, -0.2) is 57.4 Å². The van der Waals surface area contributed by atoms with Crippen LogP contribution in [-0.2, 0) is 4.74 Å². The highest BCUT2D eigenvalue weighted by atomic mass is 16.5. The molecule has 1 unspecified atom stereocenters. The fourth-order valence-corrected chi connectivity index (χ4v) is 2.32. The Labute approximate surface area is 127 Å². The normalized spacial score (nSPS) is 18.6. The van der Waals surface area contributed by atoms with Crippen LogP contribution in [0.5, 0.6) is 5.75 Å². The molecule has 1 saturated heterocycles. The van der Waals surface area contributed by atoms with Crippen molar-refractivity contribution in [2.75, 3.05) is 40.4 Å². The lowest BCUT2D eigenvalue weighted by molar-refractivity contribution is 0.113. The van der Waals surface area contributed by atoms with E-state index in [-0.39, 0.29) is 0 Å². The van der Waals surface area contributed by atoms with E-state index in [0.717, 1.165) is 44.2 Å². The van der Waals surface area contributed by atoms with Crippen LogP contribution < -0.4 is 10.1 Å². The van der Waals surface area contributed by atoms with Crippen LogP contribution >= 0.6 is 0 Å². The first kappa shape index (κ1) is 15.6. The summed E-state index contributed by atoms with van der Waals surface area (Å²) in [5.41, 5.74) is 0. The molecule has 1 aliphatic heterocycles. The number of hydrogen-bond donors (Lipinski definition) is 1. The van der Waals surface area contributed by atoms with Gasteiger partial charge in [-0.15, -0.1) is 0 Å². The highest BCUT2D eigenvalue weighted by molar-refractivity contribution is 5.79. The van der Waals surface area contributed by atoms with Gasteiger partial charge < -0.3 is 19.7 Å². The van der Waals surface area contributed by atoms with Crippen LogP contribution in [0.15, 0.2) is 35.3 Å². The van der Waals surface area contributed by atoms with Crippen LogP contribution in [0.25, 0.3) is 0 Å². The van der Waals surface area contributed by atoms with Crippen LogP contribution in [0.1, 0.15) is 12.8 Å². The van der Waals surface area contributed by atoms with Gasteiger partial charge in [-0.2, -0.15) is 0 Å². The Morgan fingerprint density at radius 3 is 2.90 bits per heavy atom. The molecule has 2 rings (SSSR count). The molecule has 0 bridgehead atoms. The van der Waals surface area contributed by atoms with Gasteiger partial charge in [0.2, 0.25) is 0 Å². The quantitative estimate of drug-likeness (QED) is 0.641.